The molecule has 0 unspecified atom stereocenters. The van der Waals surface area contributed by atoms with Crippen LogP contribution in [0.25, 0.3) is 0 Å². The van der Waals surface area contributed by atoms with Crippen molar-refractivity contribution in [1.29, 1.82) is 0 Å². The maximum Gasteiger partial charge on any atom is 0.407 e. The highest BCUT2D eigenvalue weighted by Crippen LogP contribution is 2.24. The molecular formula is C9H18N2O2. The summed E-state index contributed by atoms with van der Waals surface area (Å²) >= 11 is 0. The fourth-order valence-corrected chi connectivity index (χ4v) is 1.21. The Balaban J connectivity index is 1.96. The van der Waals surface area contributed by atoms with Crippen LogP contribution < -0.4 is 5.32 Å². The van der Waals surface area contributed by atoms with Gasteiger partial charge in [0.05, 0.1) is 6.61 Å². The first-order chi connectivity index (χ1) is 6.24. The Bertz CT molecular complexity index is 169. The molecule has 0 aromatic carbocycles. The van der Waals surface area contributed by atoms with Crippen LogP contribution in [-0.2, 0) is 4.74 Å². The molecule has 1 aliphatic carbocycles. The zero-order chi connectivity index (χ0) is 9.68. The van der Waals surface area contributed by atoms with Gasteiger partial charge in [-0.1, -0.05) is 0 Å². The van der Waals surface area contributed by atoms with Crippen molar-refractivity contribution in [3.63, 3.8) is 0 Å². The van der Waals surface area contributed by atoms with E-state index in [0.29, 0.717) is 13.2 Å². The van der Waals surface area contributed by atoms with Gasteiger partial charge < -0.3 is 15.0 Å². The number of hydrogen-bond acceptors (Lipinski definition) is 3. The molecule has 4 heteroatoms. The molecule has 0 atom stereocenters. The van der Waals surface area contributed by atoms with E-state index in [1.165, 1.54) is 12.8 Å². The summed E-state index contributed by atoms with van der Waals surface area (Å²) in [5.41, 5.74) is 0. The third-order valence-electron chi connectivity index (χ3n) is 2.18. The van der Waals surface area contributed by atoms with Crippen molar-refractivity contribution in [2.75, 3.05) is 26.7 Å². The molecule has 1 fully saturated rings. The summed E-state index contributed by atoms with van der Waals surface area (Å²) in [6.45, 7) is 3.81. The molecule has 0 heterocycles. The zero-order valence-electron chi connectivity index (χ0n) is 8.38. The Kier molecular flexibility index (Phi) is 4.02. The molecule has 0 spiro atoms. The Hall–Kier alpha value is -0.770. The van der Waals surface area contributed by atoms with E-state index in [-0.39, 0.29) is 6.09 Å². The van der Waals surface area contributed by atoms with E-state index in [0.717, 1.165) is 12.6 Å². The second-order valence-corrected chi connectivity index (χ2v) is 3.36. The number of amides is 1. The maximum atomic E-state index is 10.9. The molecule has 76 valence electrons. The second-order valence-electron chi connectivity index (χ2n) is 3.36. The molecule has 0 aromatic heterocycles. The molecule has 0 aromatic rings. The molecule has 1 saturated carbocycles. The molecule has 1 aliphatic rings. The molecule has 0 aliphatic heterocycles. The second kappa shape index (κ2) is 5.07. The van der Waals surface area contributed by atoms with E-state index in [1.807, 2.05) is 0 Å². The number of rotatable bonds is 5. The summed E-state index contributed by atoms with van der Waals surface area (Å²) < 4.78 is 4.73. The number of ether oxygens (including phenoxy) is 1. The lowest BCUT2D eigenvalue weighted by atomic mass is 10.5. The van der Waals surface area contributed by atoms with E-state index in [1.54, 1.807) is 6.92 Å². The van der Waals surface area contributed by atoms with Crippen molar-refractivity contribution in [2.45, 2.75) is 25.8 Å². The molecule has 4 nitrogen and oxygen atoms in total. The number of carbonyl (C=O) groups is 1. The van der Waals surface area contributed by atoms with Crippen LogP contribution in [0, 0.1) is 0 Å². The third kappa shape index (κ3) is 4.12. The van der Waals surface area contributed by atoms with Crippen LogP contribution in [0.4, 0.5) is 4.79 Å². The average molecular weight is 186 g/mol. The van der Waals surface area contributed by atoms with Gasteiger partial charge in [-0.05, 0) is 26.8 Å². The van der Waals surface area contributed by atoms with Gasteiger partial charge in [0.25, 0.3) is 0 Å². The number of nitrogens with one attached hydrogen (secondary N) is 1. The molecule has 1 rings (SSSR count). The van der Waals surface area contributed by atoms with E-state index in [4.69, 9.17) is 4.74 Å². The number of hydrogen-bond donors (Lipinski definition) is 1. The summed E-state index contributed by atoms with van der Waals surface area (Å²) in [6.07, 6.45) is 2.29. The lowest BCUT2D eigenvalue weighted by Crippen LogP contribution is -2.34. The zero-order valence-corrected chi connectivity index (χ0v) is 8.38. The highest BCUT2D eigenvalue weighted by molar-refractivity contribution is 5.66. The lowest BCUT2D eigenvalue weighted by Gasteiger charge is -2.15. The minimum Gasteiger partial charge on any atom is -0.450 e. The standard InChI is InChI=1S/C9H18N2O2/c1-3-13-9(12)10-6-7-11(2)8-4-5-8/h8H,3-7H2,1-2H3,(H,10,12). The number of carbonyl (C=O) groups excluding carboxylic acids is 1. The minimum absolute atomic E-state index is 0.313. The van der Waals surface area contributed by atoms with Gasteiger partial charge in [-0.3, -0.25) is 0 Å². The first kappa shape index (κ1) is 10.3. The summed E-state index contributed by atoms with van der Waals surface area (Å²) in [6, 6.07) is 0.754. The maximum absolute atomic E-state index is 10.9. The smallest absolute Gasteiger partial charge is 0.407 e. The number of nitrogens with zero attached hydrogens (tertiary/aromatic N) is 1. The predicted molar refractivity (Wildman–Crippen MR) is 50.7 cm³/mol. The largest absolute Gasteiger partial charge is 0.450 e. The normalized spacial score (nSPS) is 15.9. The van der Waals surface area contributed by atoms with Gasteiger partial charge in [0.2, 0.25) is 0 Å². The molecule has 0 bridgehead atoms. The predicted octanol–water partition coefficient (Wildman–Crippen LogP) is 0.827. The van der Waals surface area contributed by atoms with Crippen LogP contribution in [0.2, 0.25) is 0 Å². The average Bonchev–Trinajstić information content (AvgIpc) is 2.86. The summed E-state index contributed by atoms with van der Waals surface area (Å²) in [5.74, 6) is 0. The SMILES string of the molecule is CCOC(=O)NCCN(C)C1CC1. The van der Waals surface area contributed by atoms with Gasteiger partial charge in [0, 0.05) is 19.1 Å². The van der Waals surface area contributed by atoms with E-state index >= 15 is 0 Å². The highest BCUT2D eigenvalue weighted by atomic mass is 16.5. The van der Waals surface area contributed by atoms with Crippen molar-refractivity contribution >= 4 is 6.09 Å². The van der Waals surface area contributed by atoms with Crippen molar-refractivity contribution in [2.24, 2.45) is 0 Å². The van der Waals surface area contributed by atoms with Crippen molar-refractivity contribution in [3.05, 3.63) is 0 Å². The monoisotopic (exact) mass is 186 g/mol. The van der Waals surface area contributed by atoms with Crippen LogP contribution >= 0.6 is 0 Å². The van der Waals surface area contributed by atoms with E-state index in [2.05, 4.69) is 17.3 Å². The molecule has 0 saturated heterocycles. The molecular weight excluding hydrogens is 168 g/mol. The summed E-state index contributed by atoms with van der Waals surface area (Å²) in [5, 5.41) is 2.69. The first-order valence-corrected chi connectivity index (χ1v) is 4.85. The first-order valence-electron chi connectivity index (χ1n) is 4.85. The van der Waals surface area contributed by atoms with Crippen LogP contribution in [0.1, 0.15) is 19.8 Å². The topological polar surface area (TPSA) is 41.6 Å². The van der Waals surface area contributed by atoms with Crippen LogP contribution in [0.15, 0.2) is 0 Å². The Morgan fingerprint density at radius 1 is 1.62 bits per heavy atom. The third-order valence-corrected chi connectivity index (χ3v) is 2.18. The van der Waals surface area contributed by atoms with Gasteiger partial charge in [-0.2, -0.15) is 0 Å². The fraction of sp³-hybridized carbons (Fsp3) is 0.889. The Morgan fingerprint density at radius 3 is 2.85 bits per heavy atom. The van der Waals surface area contributed by atoms with Crippen LogP contribution in [0.3, 0.4) is 0 Å². The minimum atomic E-state index is -0.313. The van der Waals surface area contributed by atoms with Gasteiger partial charge in [0.15, 0.2) is 0 Å². The highest BCUT2D eigenvalue weighted by Gasteiger charge is 2.25. The van der Waals surface area contributed by atoms with Crippen molar-refractivity contribution in [3.8, 4) is 0 Å². The Morgan fingerprint density at radius 2 is 2.31 bits per heavy atom. The molecule has 1 amide bonds. The Labute approximate surface area is 79.2 Å². The quantitative estimate of drug-likeness (QED) is 0.691. The van der Waals surface area contributed by atoms with Crippen LogP contribution in [-0.4, -0.2) is 43.8 Å². The van der Waals surface area contributed by atoms with Crippen molar-refractivity contribution in [1.82, 2.24) is 10.2 Å². The van der Waals surface area contributed by atoms with Gasteiger partial charge in [-0.25, -0.2) is 4.79 Å². The van der Waals surface area contributed by atoms with Gasteiger partial charge in [0.1, 0.15) is 0 Å². The van der Waals surface area contributed by atoms with E-state index in [9.17, 15) is 4.79 Å². The van der Waals surface area contributed by atoms with Crippen LogP contribution in [0.5, 0.6) is 0 Å². The number of likely N-dealkylation sites (N-methyl/N-ethyl adjacent to an activating group) is 1. The summed E-state index contributed by atoms with van der Waals surface area (Å²) in [4.78, 5) is 13.1. The molecule has 1 N–H and O–H groups in total. The van der Waals surface area contributed by atoms with Gasteiger partial charge in [-0.15, -0.1) is 0 Å². The molecule has 0 radical (unpaired) electrons. The number of alkyl carbamates (subject to hydrolysis) is 1. The fourth-order valence-electron chi connectivity index (χ4n) is 1.21. The molecule has 13 heavy (non-hydrogen) atoms. The lowest BCUT2D eigenvalue weighted by molar-refractivity contribution is 0.150. The van der Waals surface area contributed by atoms with E-state index < -0.39 is 0 Å². The van der Waals surface area contributed by atoms with Crippen molar-refractivity contribution < 1.29 is 9.53 Å². The van der Waals surface area contributed by atoms with Gasteiger partial charge >= 0.3 is 6.09 Å². The summed E-state index contributed by atoms with van der Waals surface area (Å²) in [7, 11) is 2.09.